The highest BCUT2D eigenvalue weighted by atomic mass is 15.1. The minimum atomic E-state index is 0.524. The molecule has 2 N–H and O–H groups in total. The Bertz CT molecular complexity index is 632. The number of nitrogens with zero attached hydrogens (tertiary/aromatic N) is 3. The molecule has 0 saturated heterocycles. The molecule has 0 aromatic carbocycles. The van der Waals surface area contributed by atoms with Crippen LogP contribution in [0.25, 0.3) is 0 Å². The van der Waals surface area contributed by atoms with Gasteiger partial charge in [0.25, 0.3) is 0 Å². The topological polar surface area (TPSA) is 67.6 Å². The number of nitriles is 1. The molecule has 0 aliphatic rings. The predicted octanol–water partition coefficient (Wildman–Crippen LogP) is 2.31. The van der Waals surface area contributed by atoms with Crippen LogP contribution in [0.5, 0.6) is 0 Å². The first kappa shape index (κ1) is 12.2. The summed E-state index contributed by atoms with van der Waals surface area (Å²) in [5, 5.41) is 9.09. The van der Waals surface area contributed by atoms with Gasteiger partial charge in [-0.25, -0.2) is 0 Å². The molecule has 18 heavy (non-hydrogen) atoms. The van der Waals surface area contributed by atoms with E-state index in [1.807, 2.05) is 43.5 Å². The van der Waals surface area contributed by atoms with Crippen molar-refractivity contribution in [1.82, 2.24) is 9.55 Å². The number of anilines is 1. The van der Waals surface area contributed by atoms with Crippen LogP contribution in [0.15, 0.2) is 18.2 Å². The maximum absolute atomic E-state index is 9.09. The Morgan fingerprint density at radius 1 is 1.33 bits per heavy atom. The van der Waals surface area contributed by atoms with Gasteiger partial charge < -0.3 is 10.3 Å². The lowest BCUT2D eigenvalue weighted by atomic mass is 10.2. The fraction of sp³-hybridized carbons (Fsp3) is 0.286. The normalized spacial score (nSPS) is 10.3. The maximum atomic E-state index is 9.09. The molecule has 2 rings (SSSR count). The number of aromatic nitrogens is 2. The molecular weight excluding hydrogens is 224 g/mol. The first-order chi connectivity index (χ1) is 8.54. The number of hydrogen-bond acceptors (Lipinski definition) is 3. The summed E-state index contributed by atoms with van der Waals surface area (Å²) < 4.78 is 1.94. The number of hydrogen-bond donors (Lipinski definition) is 1. The van der Waals surface area contributed by atoms with Crippen molar-refractivity contribution in [2.45, 2.75) is 27.3 Å². The van der Waals surface area contributed by atoms with Crippen LogP contribution in [-0.4, -0.2) is 9.55 Å². The molecule has 0 atom stereocenters. The van der Waals surface area contributed by atoms with Gasteiger partial charge in [0.2, 0.25) is 0 Å². The van der Waals surface area contributed by atoms with Crippen molar-refractivity contribution in [3.05, 3.63) is 46.4 Å². The van der Waals surface area contributed by atoms with Crippen LogP contribution in [0, 0.1) is 32.1 Å². The molecule has 0 unspecified atom stereocenters. The van der Waals surface area contributed by atoms with Crippen molar-refractivity contribution < 1.29 is 0 Å². The molecule has 92 valence electrons. The van der Waals surface area contributed by atoms with Gasteiger partial charge in [-0.1, -0.05) is 6.07 Å². The molecule has 0 amide bonds. The summed E-state index contributed by atoms with van der Waals surface area (Å²) in [6.45, 7) is 6.45. The molecule has 4 heteroatoms. The van der Waals surface area contributed by atoms with Crippen molar-refractivity contribution in [3.8, 4) is 6.07 Å². The Kier molecular flexibility index (Phi) is 3.07. The number of rotatable bonds is 2. The van der Waals surface area contributed by atoms with E-state index in [-0.39, 0.29) is 0 Å². The lowest BCUT2D eigenvalue weighted by molar-refractivity contribution is 0.758. The fourth-order valence-corrected chi connectivity index (χ4v) is 2.09. The molecule has 0 aliphatic heterocycles. The summed E-state index contributed by atoms with van der Waals surface area (Å²) in [4.78, 5) is 4.46. The second-order valence-corrected chi connectivity index (χ2v) is 4.44. The molecule has 0 bridgehead atoms. The van der Waals surface area contributed by atoms with E-state index in [0.717, 1.165) is 22.6 Å². The molecule has 2 aromatic heterocycles. The van der Waals surface area contributed by atoms with Crippen LogP contribution >= 0.6 is 0 Å². The second kappa shape index (κ2) is 4.53. The maximum Gasteiger partial charge on any atom is 0.122 e. The predicted molar refractivity (Wildman–Crippen MR) is 71.1 cm³/mol. The average Bonchev–Trinajstić information content (AvgIpc) is 2.53. The van der Waals surface area contributed by atoms with Crippen LogP contribution in [-0.2, 0) is 6.54 Å². The first-order valence-corrected chi connectivity index (χ1v) is 5.82. The highest BCUT2D eigenvalue weighted by Crippen LogP contribution is 2.24. The summed E-state index contributed by atoms with van der Waals surface area (Å²) in [7, 11) is 0. The van der Waals surface area contributed by atoms with Crippen molar-refractivity contribution in [2.24, 2.45) is 0 Å². The molecule has 0 fully saturated rings. The third-order valence-corrected chi connectivity index (χ3v) is 3.25. The smallest absolute Gasteiger partial charge is 0.122 e. The van der Waals surface area contributed by atoms with E-state index in [4.69, 9.17) is 11.0 Å². The fourth-order valence-electron chi connectivity index (χ4n) is 2.09. The largest absolute Gasteiger partial charge is 0.384 e. The summed E-state index contributed by atoms with van der Waals surface area (Å²) in [5.41, 5.74) is 10.5. The van der Waals surface area contributed by atoms with Crippen molar-refractivity contribution in [3.63, 3.8) is 0 Å². The molecule has 0 aliphatic carbocycles. The zero-order valence-corrected chi connectivity index (χ0v) is 10.9. The number of pyridine rings is 1. The molecule has 2 aromatic rings. The van der Waals surface area contributed by atoms with E-state index in [9.17, 15) is 0 Å². The number of nitrogen functional groups attached to an aromatic ring is 1. The molecule has 0 spiro atoms. The molecule has 2 heterocycles. The highest BCUT2D eigenvalue weighted by molar-refractivity contribution is 5.58. The van der Waals surface area contributed by atoms with Gasteiger partial charge in [-0.05, 0) is 38.5 Å². The molecule has 0 saturated carbocycles. The Morgan fingerprint density at radius 2 is 2.06 bits per heavy atom. The van der Waals surface area contributed by atoms with Crippen LogP contribution in [0.4, 0.5) is 5.82 Å². The zero-order valence-electron chi connectivity index (χ0n) is 10.9. The van der Waals surface area contributed by atoms with Crippen LogP contribution in [0.1, 0.15) is 28.2 Å². The van der Waals surface area contributed by atoms with Gasteiger partial charge in [0.05, 0.1) is 17.8 Å². The third-order valence-electron chi connectivity index (χ3n) is 3.25. The van der Waals surface area contributed by atoms with Crippen LogP contribution in [0.2, 0.25) is 0 Å². The van der Waals surface area contributed by atoms with E-state index >= 15 is 0 Å². The monoisotopic (exact) mass is 240 g/mol. The average molecular weight is 240 g/mol. The quantitative estimate of drug-likeness (QED) is 0.875. The van der Waals surface area contributed by atoms with Crippen molar-refractivity contribution in [2.75, 3.05) is 5.73 Å². The first-order valence-electron chi connectivity index (χ1n) is 5.82. The van der Waals surface area contributed by atoms with Gasteiger partial charge in [0, 0.05) is 11.4 Å². The van der Waals surface area contributed by atoms with E-state index < -0.39 is 0 Å². The van der Waals surface area contributed by atoms with Gasteiger partial charge in [0.15, 0.2) is 0 Å². The SMILES string of the molecule is Cc1cccc(Cn2c(C)c(C)c(C#N)c2N)n1. The Morgan fingerprint density at radius 3 is 2.61 bits per heavy atom. The van der Waals surface area contributed by atoms with Gasteiger partial charge in [0.1, 0.15) is 11.9 Å². The molecular formula is C14H16N4. The highest BCUT2D eigenvalue weighted by Gasteiger charge is 2.15. The van der Waals surface area contributed by atoms with E-state index in [2.05, 4.69) is 11.1 Å². The number of aryl methyl sites for hydroxylation is 1. The van der Waals surface area contributed by atoms with E-state index in [1.165, 1.54) is 0 Å². The van der Waals surface area contributed by atoms with Crippen molar-refractivity contribution >= 4 is 5.82 Å². The summed E-state index contributed by atoms with van der Waals surface area (Å²) >= 11 is 0. The minimum Gasteiger partial charge on any atom is -0.384 e. The van der Waals surface area contributed by atoms with Crippen LogP contribution < -0.4 is 5.73 Å². The number of nitrogens with two attached hydrogens (primary N) is 1. The lowest BCUT2D eigenvalue weighted by Gasteiger charge is -2.09. The summed E-state index contributed by atoms with van der Waals surface area (Å²) in [6.07, 6.45) is 0. The molecule has 4 nitrogen and oxygen atoms in total. The van der Waals surface area contributed by atoms with Gasteiger partial charge in [-0.3, -0.25) is 4.98 Å². The molecule has 0 radical (unpaired) electrons. The van der Waals surface area contributed by atoms with Gasteiger partial charge in [-0.2, -0.15) is 5.26 Å². The Labute approximate surface area is 107 Å². The standard InChI is InChI=1S/C14H16N4/c1-9-5-4-6-12(17-9)8-18-11(3)10(2)13(7-15)14(18)16/h4-6H,8,16H2,1-3H3. The lowest BCUT2D eigenvalue weighted by Crippen LogP contribution is -2.08. The van der Waals surface area contributed by atoms with E-state index in [1.54, 1.807) is 0 Å². The van der Waals surface area contributed by atoms with Gasteiger partial charge >= 0.3 is 0 Å². The minimum absolute atomic E-state index is 0.524. The van der Waals surface area contributed by atoms with Crippen molar-refractivity contribution in [1.29, 1.82) is 5.26 Å². The second-order valence-electron chi connectivity index (χ2n) is 4.44. The van der Waals surface area contributed by atoms with Gasteiger partial charge in [-0.15, -0.1) is 0 Å². The van der Waals surface area contributed by atoms with Crippen LogP contribution in [0.3, 0.4) is 0 Å². The summed E-state index contributed by atoms with van der Waals surface area (Å²) in [6, 6.07) is 8.06. The van der Waals surface area contributed by atoms with E-state index in [0.29, 0.717) is 17.9 Å². The Hall–Kier alpha value is -2.28. The Balaban J connectivity index is 2.45. The third kappa shape index (κ3) is 1.95. The summed E-state index contributed by atoms with van der Waals surface area (Å²) in [5.74, 6) is 0.524. The zero-order chi connectivity index (χ0) is 13.3.